The summed E-state index contributed by atoms with van der Waals surface area (Å²) >= 11 is 0. The first-order valence-electron chi connectivity index (χ1n) is 11.1. The molecular weight excluding hydrogens is 481 g/mol. The van der Waals surface area contributed by atoms with E-state index in [1.165, 1.54) is 6.33 Å². The SMILES string of the molecule is CCCCOc1nc(N)nc2c1ncn2[C@H]1C[C@H](OP(=O)(OCCC#N)OCCC#N)[C@@H](CO)O1. The largest absolute Gasteiger partial charge is 0.476 e. The molecule has 15 heteroatoms. The summed E-state index contributed by atoms with van der Waals surface area (Å²) in [5.74, 6) is 0.252. The van der Waals surface area contributed by atoms with Crippen LogP contribution in [-0.4, -0.2) is 63.3 Å². The lowest BCUT2D eigenvalue weighted by atomic mass is 10.2. The van der Waals surface area contributed by atoms with Crippen LogP contribution in [0.2, 0.25) is 0 Å². The number of rotatable bonds is 14. The topological polar surface area (TPSA) is 201 Å². The summed E-state index contributed by atoms with van der Waals surface area (Å²) in [5, 5.41) is 27.3. The Kier molecular flexibility index (Phi) is 9.74. The smallest absolute Gasteiger partial charge is 0.475 e. The highest BCUT2D eigenvalue weighted by Gasteiger charge is 2.43. The van der Waals surface area contributed by atoms with Crippen LogP contribution in [0.1, 0.15) is 45.3 Å². The van der Waals surface area contributed by atoms with Gasteiger partial charge >= 0.3 is 7.82 Å². The van der Waals surface area contributed by atoms with E-state index in [9.17, 15) is 9.67 Å². The highest BCUT2D eigenvalue weighted by atomic mass is 31.2. The predicted octanol–water partition coefficient (Wildman–Crippen LogP) is 2.22. The van der Waals surface area contributed by atoms with Gasteiger partial charge in [0.2, 0.25) is 11.8 Å². The average Bonchev–Trinajstić information content (AvgIpc) is 3.43. The van der Waals surface area contributed by atoms with Crippen LogP contribution >= 0.6 is 7.82 Å². The monoisotopic (exact) mass is 509 g/mol. The lowest BCUT2D eigenvalue weighted by molar-refractivity contribution is -0.0451. The molecule has 0 amide bonds. The van der Waals surface area contributed by atoms with Crippen molar-refractivity contribution in [1.82, 2.24) is 19.5 Å². The Morgan fingerprint density at radius 3 is 2.60 bits per heavy atom. The van der Waals surface area contributed by atoms with Crippen molar-refractivity contribution in [3.05, 3.63) is 6.33 Å². The zero-order valence-electron chi connectivity index (χ0n) is 19.3. The summed E-state index contributed by atoms with van der Waals surface area (Å²) < 4.78 is 42.4. The zero-order valence-corrected chi connectivity index (χ0v) is 20.2. The normalized spacial score (nSPS) is 20.1. The fraction of sp³-hybridized carbons (Fsp3) is 0.650. The van der Waals surface area contributed by atoms with Gasteiger partial charge in [-0.05, 0) is 6.42 Å². The zero-order chi connectivity index (χ0) is 25.3. The fourth-order valence-corrected chi connectivity index (χ4v) is 4.73. The molecule has 3 N–H and O–H groups in total. The molecule has 35 heavy (non-hydrogen) atoms. The maximum absolute atomic E-state index is 13.1. The van der Waals surface area contributed by atoms with E-state index in [-0.39, 0.29) is 44.3 Å². The number of ether oxygens (including phenoxy) is 2. The number of anilines is 1. The van der Waals surface area contributed by atoms with Crippen LogP contribution in [0.25, 0.3) is 11.2 Å². The number of aliphatic hydroxyl groups is 1. The number of nitriles is 2. The second-order valence-electron chi connectivity index (χ2n) is 7.53. The Morgan fingerprint density at radius 1 is 1.26 bits per heavy atom. The molecule has 2 aromatic rings. The molecule has 0 aliphatic carbocycles. The van der Waals surface area contributed by atoms with Crippen LogP contribution in [-0.2, 0) is 22.9 Å². The predicted molar refractivity (Wildman–Crippen MR) is 121 cm³/mol. The minimum atomic E-state index is -4.15. The Labute approximate surface area is 202 Å². The molecule has 3 heterocycles. The first-order valence-corrected chi connectivity index (χ1v) is 12.6. The third-order valence-electron chi connectivity index (χ3n) is 5.01. The van der Waals surface area contributed by atoms with E-state index < -0.39 is 32.9 Å². The Morgan fingerprint density at radius 2 is 1.97 bits per heavy atom. The number of aliphatic hydroxyl groups excluding tert-OH is 1. The van der Waals surface area contributed by atoms with Gasteiger partial charge in [0.1, 0.15) is 18.4 Å². The number of unbranched alkanes of at least 4 members (excludes halogenated alkanes) is 1. The van der Waals surface area contributed by atoms with Gasteiger partial charge in [0.25, 0.3) is 0 Å². The van der Waals surface area contributed by atoms with Crippen molar-refractivity contribution in [2.75, 3.05) is 32.2 Å². The Hall–Kier alpha value is -2.84. The second kappa shape index (κ2) is 12.7. The van der Waals surface area contributed by atoms with Crippen molar-refractivity contribution in [3.63, 3.8) is 0 Å². The van der Waals surface area contributed by atoms with Gasteiger partial charge in [-0.3, -0.25) is 18.1 Å². The molecule has 0 spiro atoms. The van der Waals surface area contributed by atoms with Gasteiger partial charge < -0.3 is 20.3 Å². The van der Waals surface area contributed by atoms with Crippen molar-refractivity contribution in [1.29, 1.82) is 10.5 Å². The van der Waals surface area contributed by atoms with Crippen LogP contribution in [0.3, 0.4) is 0 Å². The quantitative estimate of drug-likeness (QED) is 0.277. The number of phosphoric ester groups is 1. The summed E-state index contributed by atoms with van der Waals surface area (Å²) in [4.78, 5) is 12.7. The number of imidazole rings is 1. The van der Waals surface area contributed by atoms with E-state index in [4.69, 9.17) is 39.3 Å². The van der Waals surface area contributed by atoms with Gasteiger partial charge in [-0.2, -0.15) is 20.5 Å². The number of nitrogens with zero attached hydrogens (tertiary/aromatic N) is 6. The minimum absolute atomic E-state index is 0.00320. The number of nitrogens with two attached hydrogens (primary N) is 1. The summed E-state index contributed by atoms with van der Waals surface area (Å²) in [7, 11) is -4.15. The second-order valence-corrected chi connectivity index (χ2v) is 9.16. The molecule has 1 aliphatic rings. The number of hydrogen-bond acceptors (Lipinski definition) is 13. The van der Waals surface area contributed by atoms with Crippen LogP contribution in [0.5, 0.6) is 5.88 Å². The fourth-order valence-electron chi connectivity index (χ4n) is 3.35. The first kappa shape index (κ1) is 26.8. The Balaban J connectivity index is 1.80. The molecule has 0 radical (unpaired) electrons. The highest BCUT2D eigenvalue weighted by molar-refractivity contribution is 7.48. The van der Waals surface area contributed by atoms with Gasteiger partial charge in [-0.25, -0.2) is 9.55 Å². The van der Waals surface area contributed by atoms with Crippen molar-refractivity contribution in [2.24, 2.45) is 0 Å². The number of aromatic nitrogens is 4. The molecule has 1 aliphatic heterocycles. The van der Waals surface area contributed by atoms with Gasteiger partial charge in [-0.15, -0.1) is 0 Å². The number of phosphoric acid groups is 1. The van der Waals surface area contributed by atoms with E-state index in [0.29, 0.717) is 17.8 Å². The first-order chi connectivity index (χ1) is 16.9. The highest BCUT2D eigenvalue weighted by Crippen LogP contribution is 2.53. The molecule has 2 aromatic heterocycles. The molecule has 0 saturated carbocycles. The van der Waals surface area contributed by atoms with E-state index in [0.717, 1.165) is 12.8 Å². The molecule has 0 aromatic carbocycles. The molecule has 0 bridgehead atoms. The average molecular weight is 509 g/mol. The third-order valence-corrected chi connectivity index (χ3v) is 6.53. The third kappa shape index (κ3) is 6.86. The van der Waals surface area contributed by atoms with Crippen LogP contribution in [0.15, 0.2) is 6.33 Å². The molecular formula is C20H28N7O7P. The van der Waals surface area contributed by atoms with Gasteiger partial charge in [-0.1, -0.05) is 13.3 Å². The Bertz CT molecular complexity index is 1090. The molecule has 3 rings (SSSR count). The summed E-state index contributed by atoms with van der Waals surface area (Å²) in [5.41, 5.74) is 6.63. The van der Waals surface area contributed by atoms with Crippen molar-refractivity contribution in [2.45, 2.75) is 57.5 Å². The lowest BCUT2D eigenvalue weighted by Crippen LogP contribution is -2.27. The van der Waals surface area contributed by atoms with Crippen molar-refractivity contribution < 1.29 is 32.7 Å². The summed E-state index contributed by atoms with van der Waals surface area (Å²) in [6, 6.07) is 3.74. The number of fused-ring (bicyclic) bond motifs is 1. The van der Waals surface area contributed by atoms with Crippen LogP contribution < -0.4 is 10.5 Å². The van der Waals surface area contributed by atoms with Crippen LogP contribution in [0.4, 0.5) is 5.95 Å². The lowest BCUT2D eigenvalue weighted by Gasteiger charge is -2.22. The summed E-state index contributed by atoms with van der Waals surface area (Å²) in [6.07, 6.45) is 0.872. The van der Waals surface area contributed by atoms with Crippen LogP contribution in [0, 0.1) is 22.7 Å². The van der Waals surface area contributed by atoms with Gasteiger partial charge in [0.15, 0.2) is 11.2 Å². The minimum Gasteiger partial charge on any atom is -0.476 e. The van der Waals surface area contributed by atoms with Gasteiger partial charge in [0.05, 0.1) is 57.7 Å². The van der Waals surface area contributed by atoms with Crippen molar-refractivity contribution >= 4 is 24.9 Å². The number of hydrogen-bond donors (Lipinski definition) is 2. The molecule has 14 nitrogen and oxygen atoms in total. The molecule has 1 saturated heterocycles. The van der Waals surface area contributed by atoms with E-state index in [1.807, 2.05) is 19.1 Å². The molecule has 3 atom stereocenters. The molecule has 190 valence electrons. The van der Waals surface area contributed by atoms with E-state index in [2.05, 4.69) is 15.0 Å². The summed E-state index contributed by atoms with van der Waals surface area (Å²) in [6.45, 7) is 1.67. The van der Waals surface area contributed by atoms with Crippen molar-refractivity contribution in [3.8, 4) is 18.0 Å². The van der Waals surface area contributed by atoms with Gasteiger partial charge in [0, 0.05) is 6.42 Å². The molecule has 0 unspecified atom stereocenters. The maximum Gasteiger partial charge on any atom is 0.475 e. The van der Waals surface area contributed by atoms with E-state index in [1.54, 1.807) is 4.57 Å². The number of nitrogen functional groups attached to an aromatic ring is 1. The standard InChI is InChI=1S/C20H28N7O7P/c1-2-3-8-30-19-17-18(25-20(23)26-19)27(13-24-17)16-11-14(15(12-28)33-16)34-35(29,31-9-4-6-21)32-10-5-7-22/h13-16,28H,2-5,8-12H2,1H3,(H2,23,25,26)/t14-,15+,16+/m0/s1. The molecule has 1 fully saturated rings. The maximum atomic E-state index is 13.1. The van der Waals surface area contributed by atoms with E-state index >= 15 is 0 Å².